The van der Waals surface area contributed by atoms with E-state index in [1.54, 1.807) is 0 Å². The molecule has 0 aliphatic rings. The zero-order chi connectivity index (χ0) is 11.5. The Hall–Kier alpha value is -1.54. The predicted octanol–water partition coefficient (Wildman–Crippen LogP) is 3.10. The van der Waals surface area contributed by atoms with Crippen molar-refractivity contribution in [2.45, 2.75) is 26.5 Å². The van der Waals surface area contributed by atoms with Crippen LogP contribution < -0.4 is 0 Å². The van der Waals surface area contributed by atoms with Crippen molar-refractivity contribution < 1.29 is 5.11 Å². The maximum absolute atomic E-state index is 9.30. The molecule has 2 nitrogen and oxygen atoms in total. The van der Waals surface area contributed by atoms with Gasteiger partial charge in [0.15, 0.2) is 0 Å². The molecule has 1 aromatic heterocycles. The van der Waals surface area contributed by atoms with Crippen molar-refractivity contribution in [3.63, 3.8) is 0 Å². The first-order valence-electron chi connectivity index (χ1n) is 5.54. The van der Waals surface area contributed by atoms with Crippen molar-refractivity contribution in [3.05, 3.63) is 48.2 Å². The highest BCUT2D eigenvalue weighted by molar-refractivity contribution is 5.83. The Kier molecular flexibility index (Phi) is 3.11. The first-order valence-corrected chi connectivity index (χ1v) is 5.54. The van der Waals surface area contributed by atoms with Crippen molar-refractivity contribution in [2.75, 3.05) is 0 Å². The van der Waals surface area contributed by atoms with Crippen LogP contribution in [0.25, 0.3) is 10.9 Å². The smallest absolute Gasteiger partial charge is 0.0702 e. The molecule has 0 radical (unpaired) electrons. The van der Waals surface area contributed by atoms with E-state index in [0.717, 1.165) is 23.9 Å². The maximum Gasteiger partial charge on any atom is 0.0702 e. The molecule has 0 saturated carbocycles. The molecule has 0 amide bonds. The van der Waals surface area contributed by atoms with Gasteiger partial charge in [-0.25, -0.2) is 0 Å². The lowest BCUT2D eigenvalue weighted by atomic mass is 10.2. The Morgan fingerprint density at radius 3 is 2.81 bits per heavy atom. The lowest BCUT2D eigenvalue weighted by Gasteiger charge is -2.04. The van der Waals surface area contributed by atoms with Gasteiger partial charge in [-0.05, 0) is 19.4 Å². The van der Waals surface area contributed by atoms with E-state index in [9.17, 15) is 5.11 Å². The minimum Gasteiger partial charge on any atom is -0.392 e. The van der Waals surface area contributed by atoms with Gasteiger partial charge in [-0.1, -0.05) is 23.8 Å². The van der Waals surface area contributed by atoms with Crippen molar-refractivity contribution >= 4 is 10.9 Å². The second kappa shape index (κ2) is 4.54. The topological polar surface area (TPSA) is 25.2 Å². The normalized spacial score (nSPS) is 10.9. The molecular formula is C14H17NO. The third-order valence-corrected chi connectivity index (χ3v) is 2.82. The summed E-state index contributed by atoms with van der Waals surface area (Å²) in [6, 6.07) is 8.18. The molecule has 1 heterocycles. The molecule has 1 N–H and O–H groups in total. The van der Waals surface area contributed by atoms with Gasteiger partial charge >= 0.3 is 0 Å². The molecule has 2 aromatic rings. The fraction of sp³-hybridized carbons (Fsp3) is 0.286. The summed E-state index contributed by atoms with van der Waals surface area (Å²) in [5.41, 5.74) is 3.37. The summed E-state index contributed by atoms with van der Waals surface area (Å²) in [7, 11) is 0. The number of allylic oxidation sites excluding steroid dienone is 1. The average molecular weight is 215 g/mol. The number of aliphatic hydroxyl groups is 1. The average Bonchev–Trinajstić information content (AvgIpc) is 2.65. The van der Waals surface area contributed by atoms with E-state index in [1.165, 1.54) is 11.1 Å². The van der Waals surface area contributed by atoms with Gasteiger partial charge in [-0.15, -0.1) is 6.58 Å². The molecule has 1 aromatic carbocycles. The summed E-state index contributed by atoms with van der Waals surface area (Å²) in [5, 5.41) is 10.4. The van der Waals surface area contributed by atoms with Crippen LogP contribution in [0, 0.1) is 0 Å². The summed E-state index contributed by atoms with van der Waals surface area (Å²) in [6.45, 7) is 6.98. The van der Waals surface area contributed by atoms with E-state index < -0.39 is 0 Å². The first-order chi connectivity index (χ1) is 7.72. The van der Waals surface area contributed by atoms with Crippen molar-refractivity contribution in [1.29, 1.82) is 0 Å². The molecule has 0 spiro atoms. The van der Waals surface area contributed by atoms with Gasteiger partial charge in [-0.2, -0.15) is 0 Å². The van der Waals surface area contributed by atoms with Crippen molar-refractivity contribution in [1.82, 2.24) is 4.57 Å². The minimum absolute atomic E-state index is 0.0978. The predicted molar refractivity (Wildman–Crippen MR) is 67.3 cm³/mol. The quantitative estimate of drug-likeness (QED) is 0.779. The van der Waals surface area contributed by atoms with Crippen LogP contribution in [0.1, 0.15) is 18.9 Å². The maximum atomic E-state index is 9.30. The van der Waals surface area contributed by atoms with E-state index in [-0.39, 0.29) is 6.61 Å². The molecule has 0 aliphatic carbocycles. The zero-order valence-electron chi connectivity index (χ0n) is 9.61. The number of rotatable bonds is 4. The Bertz CT molecular complexity index is 510. The fourth-order valence-corrected chi connectivity index (χ4v) is 1.95. The lowest BCUT2D eigenvalue weighted by molar-refractivity contribution is 0.283. The second-order valence-corrected chi connectivity index (χ2v) is 4.23. The summed E-state index contributed by atoms with van der Waals surface area (Å²) in [6.07, 6.45) is 3.01. The van der Waals surface area contributed by atoms with E-state index in [0.29, 0.717) is 0 Å². The van der Waals surface area contributed by atoms with Crippen molar-refractivity contribution in [2.24, 2.45) is 0 Å². The third kappa shape index (κ3) is 2.02. The molecule has 0 aliphatic heterocycles. The number of aryl methyl sites for hydroxylation is 1. The number of fused-ring (bicyclic) bond motifs is 1. The van der Waals surface area contributed by atoms with Gasteiger partial charge in [0.05, 0.1) is 6.61 Å². The standard InChI is InChI=1S/C14H17NO/c1-11(2)7-8-15-9-12(10-16)13-5-3-4-6-14(13)15/h3-6,9,16H,1,7-8,10H2,2H3. The number of aromatic nitrogens is 1. The van der Waals surface area contributed by atoms with Gasteiger partial charge in [0.1, 0.15) is 0 Å². The molecule has 2 heteroatoms. The Morgan fingerprint density at radius 2 is 2.12 bits per heavy atom. The van der Waals surface area contributed by atoms with Crippen LogP contribution in [0.2, 0.25) is 0 Å². The monoisotopic (exact) mass is 215 g/mol. The first kappa shape index (κ1) is 11.0. The van der Waals surface area contributed by atoms with E-state index in [2.05, 4.69) is 23.3 Å². The van der Waals surface area contributed by atoms with Crippen LogP contribution in [-0.4, -0.2) is 9.67 Å². The van der Waals surface area contributed by atoms with E-state index in [1.807, 2.05) is 25.3 Å². The molecule has 84 valence electrons. The molecule has 0 unspecified atom stereocenters. The van der Waals surface area contributed by atoms with Crippen LogP contribution in [0.4, 0.5) is 0 Å². The minimum atomic E-state index is 0.0978. The van der Waals surface area contributed by atoms with Gasteiger partial charge in [0.25, 0.3) is 0 Å². The van der Waals surface area contributed by atoms with Crippen LogP contribution >= 0.6 is 0 Å². The molecule has 0 fully saturated rings. The van der Waals surface area contributed by atoms with Gasteiger partial charge in [0.2, 0.25) is 0 Å². The fourth-order valence-electron chi connectivity index (χ4n) is 1.95. The van der Waals surface area contributed by atoms with Gasteiger partial charge in [0, 0.05) is 29.2 Å². The van der Waals surface area contributed by atoms with E-state index >= 15 is 0 Å². The lowest BCUT2D eigenvalue weighted by Crippen LogP contribution is -1.96. The molecule has 0 atom stereocenters. The molecular weight excluding hydrogens is 198 g/mol. The van der Waals surface area contributed by atoms with Crippen LogP contribution in [0.3, 0.4) is 0 Å². The van der Waals surface area contributed by atoms with Gasteiger partial charge < -0.3 is 9.67 Å². The summed E-state index contributed by atoms with van der Waals surface area (Å²) in [4.78, 5) is 0. The largest absolute Gasteiger partial charge is 0.392 e. The molecule has 2 rings (SSSR count). The number of benzene rings is 1. The number of hydrogen-bond acceptors (Lipinski definition) is 1. The van der Waals surface area contributed by atoms with Crippen LogP contribution in [0.15, 0.2) is 42.6 Å². The highest BCUT2D eigenvalue weighted by atomic mass is 16.3. The third-order valence-electron chi connectivity index (χ3n) is 2.82. The summed E-state index contributed by atoms with van der Waals surface area (Å²) < 4.78 is 2.19. The highest BCUT2D eigenvalue weighted by Crippen LogP contribution is 2.21. The summed E-state index contributed by atoms with van der Waals surface area (Å²) in [5.74, 6) is 0. The number of aliphatic hydroxyl groups excluding tert-OH is 1. The van der Waals surface area contributed by atoms with Gasteiger partial charge in [-0.3, -0.25) is 0 Å². The zero-order valence-corrected chi connectivity index (χ0v) is 9.61. The molecule has 16 heavy (non-hydrogen) atoms. The Balaban J connectivity index is 2.41. The SMILES string of the molecule is C=C(C)CCn1cc(CO)c2ccccc21. The number of nitrogens with zero attached hydrogens (tertiary/aromatic N) is 1. The number of para-hydroxylation sites is 1. The highest BCUT2D eigenvalue weighted by Gasteiger charge is 2.06. The second-order valence-electron chi connectivity index (χ2n) is 4.23. The Morgan fingerprint density at radius 1 is 1.38 bits per heavy atom. The summed E-state index contributed by atoms with van der Waals surface area (Å²) >= 11 is 0. The Labute approximate surface area is 95.8 Å². The molecule has 0 saturated heterocycles. The van der Waals surface area contributed by atoms with E-state index in [4.69, 9.17) is 0 Å². The van der Waals surface area contributed by atoms with Crippen molar-refractivity contribution in [3.8, 4) is 0 Å². The number of hydrogen-bond donors (Lipinski definition) is 1. The van der Waals surface area contributed by atoms with Crippen LogP contribution in [-0.2, 0) is 13.2 Å². The molecule has 0 bridgehead atoms. The van der Waals surface area contributed by atoms with Crippen LogP contribution in [0.5, 0.6) is 0 Å².